The molecule has 2 aromatic rings. The van der Waals surface area contributed by atoms with Crippen LogP contribution in [0.3, 0.4) is 0 Å². The van der Waals surface area contributed by atoms with Gasteiger partial charge in [0.15, 0.2) is 0 Å². The molecule has 2 bridgehead atoms. The van der Waals surface area contributed by atoms with Gasteiger partial charge in [0, 0.05) is 30.7 Å². The fraction of sp³-hybridized carbons (Fsp3) is 0.520. The highest BCUT2D eigenvalue weighted by Gasteiger charge is 2.47. The van der Waals surface area contributed by atoms with E-state index < -0.39 is 0 Å². The van der Waals surface area contributed by atoms with E-state index >= 15 is 0 Å². The Morgan fingerprint density at radius 3 is 2.97 bits per heavy atom. The summed E-state index contributed by atoms with van der Waals surface area (Å²) < 4.78 is 0. The Bertz CT molecular complexity index is 1140. The summed E-state index contributed by atoms with van der Waals surface area (Å²) in [6, 6.07) is 6.07. The minimum Gasteiger partial charge on any atom is -0.359 e. The van der Waals surface area contributed by atoms with Crippen molar-refractivity contribution in [3.8, 4) is 0 Å². The SMILES string of the molecule is O=C(c1c[nH]c2c(Cl)cccc2c1=O)N1CCCC2=CC3CC(CN4CCCC[C@H]34)[C@@H]21. The molecule has 6 rings (SSSR count). The molecule has 4 heterocycles. The number of rotatable bonds is 1. The number of likely N-dealkylation sites (tertiary alicyclic amines) is 1. The lowest BCUT2D eigenvalue weighted by Crippen LogP contribution is -2.60. The maximum atomic E-state index is 13.7. The topological polar surface area (TPSA) is 56.4 Å². The van der Waals surface area contributed by atoms with Gasteiger partial charge in [-0.15, -0.1) is 0 Å². The maximum Gasteiger partial charge on any atom is 0.259 e. The van der Waals surface area contributed by atoms with E-state index in [2.05, 4.69) is 16.0 Å². The Kier molecular flexibility index (Phi) is 4.73. The summed E-state index contributed by atoms with van der Waals surface area (Å²) in [4.78, 5) is 34.6. The van der Waals surface area contributed by atoms with Gasteiger partial charge in [-0.25, -0.2) is 0 Å². The van der Waals surface area contributed by atoms with Crippen molar-refractivity contribution in [1.29, 1.82) is 0 Å². The van der Waals surface area contributed by atoms with E-state index in [4.69, 9.17) is 11.6 Å². The summed E-state index contributed by atoms with van der Waals surface area (Å²) >= 11 is 6.24. The van der Waals surface area contributed by atoms with Crippen LogP contribution in [0.25, 0.3) is 10.9 Å². The number of piperidine rings is 3. The number of pyridine rings is 1. The first-order chi connectivity index (χ1) is 15.1. The molecule has 1 aromatic carbocycles. The van der Waals surface area contributed by atoms with Crippen molar-refractivity contribution in [3.63, 3.8) is 0 Å². The number of benzene rings is 1. The monoisotopic (exact) mass is 437 g/mol. The van der Waals surface area contributed by atoms with E-state index in [1.54, 1.807) is 24.4 Å². The van der Waals surface area contributed by atoms with Gasteiger partial charge in [-0.2, -0.15) is 0 Å². The number of para-hydroxylation sites is 1. The molecule has 3 aliphatic heterocycles. The first kappa shape index (κ1) is 19.6. The van der Waals surface area contributed by atoms with E-state index in [0.717, 1.165) is 25.9 Å². The number of amides is 1. The average molecular weight is 438 g/mol. The highest BCUT2D eigenvalue weighted by molar-refractivity contribution is 6.35. The molecule has 1 aliphatic carbocycles. The van der Waals surface area contributed by atoms with E-state index in [1.165, 1.54) is 37.8 Å². The molecule has 0 spiro atoms. The highest BCUT2D eigenvalue weighted by Crippen LogP contribution is 2.45. The molecule has 4 atom stereocenters. The van der Waals surface area contributed by atoms with Gasteiger partial charge in [-0.3, -0.25) is 14.5 Å². The standard InChI is InChI=1S/C25H28ClN3O2/c26-20-7-3-6-18-22(20)27-13-19(24(18)30)25(31)29-10-4-5-15-11-16-12-17(23(15)29)14-28-9-2-1-8-21(16)28/h3,6-7,11,13,16-17,21,23H,1-2,4-5,8-10,12,14H2,(H,27,30)/t16?,17?,21-,23-/m1/s1. The minimum atomic E-state index is -0.231. The lowest BCUT2D eigenvalue weighted by Gasteiger charge is -2.54. The van der Waals surface area contributed by atoms with E-state index in [1.807, 2.05) is 4.90 Å². The van der Waals surface area contributed by atoms with Crippen molar-refractivity contribution >= 4 is 28.4 Å². The zero-order valence-corrected chi connectivity index (χ0v) is 18.4. The van der Waals surface area contributed by atoms with Crippen LogP contribution in [-0.4, -0.2) is 52.4 Å². The van der Waals surface area contributed by atoms with Crippen LogP contribution in [0.2, 0.25) is 5.02 Å². The maximum absolute atomic E-state index is 13.7. The number of aromatic amines is 1. The molecular formula is C25H28ClN3O2. The Labute approximate surface area is 187 Å². The Balaban J connectivity index is 1.37. The highest BCUT2D eigenvalue weighted by atomic mass is 35.5. The predicted molar refractivity (Wildman–Crippen MR) is 123 cm³/mol. The largest absolute Gasteiger partial charge is 0.359 e. The van der Waals surface area contributed by atoms with Crippen LogP contribution in [0.5, 0.6) is 0 Å². The second-order valence-electron chi connectivity index (χ2n) is 9.70. The first-order valence-electron chi connectivity index (χ1n) is 11.7. The van der Waals surface area contributed by atoms with Crippen molar-refractivity contribution in [3.05, 3.63) is 56.9 Å². The van der Waals surface area contributed by atoms with Crippen LogP contribution in [0.15, 0.2) is 40.8 Å². The number of carbonyl (C=O) groups is 1. The third-order valence-corrected chi connectivity index (χ3v) is 8.33. The van der Waals surface area contributed by atoms with Gasteiger partial charge in [-0.05, 0) is 62.6 Å². The number of hydrogen-bond donors (Lipinski definition) is 1. The number of H-pyrrole nitrogens is 1. The van der Waals surface area contributed by atoms with Crippen molar-refractivity contribution in [2.24, 2.45) is 11.8 Å². The molecule has 1 amide bonds. The van der Waals surface area contributed by atoms with Crippen LogP contribution >= 0.6 is 11.6 Å². The molecule has 1 N–H and O–H groups in total. The summed E-state index contributed by atoms with van der Waals surface area (Å²) in [5.74, 6) is 0.960. The van der Waals surface area contributed by atoms with Gasteiger partial charge in [0.05, 0.1) is 16.6 Å². The summed E-state index contributed by atoms with van der Waals surface area (Å²) in [5, 5.41) is 0.970. The third-order valence-electron chi connectivity index (χ3n) is 8.01. The van der Waals surface area contributed by atoms with Crippen LogP contribution in [0, 0.1) is 11.8 Å². The smallest absolute Gasteiger partial charge is 0.259 e. The lowest BCUT2D eigenvalue weighted by molar-refractivity contribution is 0.00143. The van der Waals surface area contributed by atoms with Crippen LogP contribution in [0.1, 0.15) is 48.9 Å². The van der Waals surface area contributed by atoms with E-state index in [0.29, 0.717) is 33.8 Å². The normalized spacial score (nSPS) is 30.5. The molecule has 31 heavy (non-hydrogen) atoms. The summed E-state index contributed by atoms with van der Waals surface area (Å²) in [7, 11) is 0. The van der Waals surface area contributed by atoms with E-state index in [-0.39, 0.29) is 22.9 Å². The molecule has 2 unspecified atom stereocenters. The summed E-state index contributed by atoms with van der Waals surface area (Å²) in [5.41, 5.74) is 2.02. The van der Waals surface area contributed by atoms with E-state index in [9.17, 15) is 9.59 Å². The number of nitrogens with one attached hydrogen (secondary N) is 1. The molecule has 4 aliphatic rings. The number of fused-ring (bicyclic) bond motifs is 7. The first-order valence-corrected chi connectivity index (χ1v) is 12.0. The Morgan fingerprint density at radius 2 is 2.06 bits per heavy atom. The molecule has 1 aromatic heterocycles. The van der Waals surface area contributed by atoms with Gasteiger partial charge in [0.25, 0.3) is 5.91 Å². The fourth-order valence-electron chi connectivity index (χ4n) is 6.73. The number of carbonyl (C=O) groups excluding carboxylic acids is 1. The van der Waals surface area contributed by atoms with Gasteiger partial charge < -0.3 is 9.88 Å². The number of halogens is 1. The second kappa shape index (κ2) is 7.49. The molecule has 0 radical (unpaired) electrons. The number of hydrogen-bond acceptors (Lipinski definition) is 3. The van der Waals surface area contributed by atoms with Gasteiger partial charge >= 0.3 is 0 Å². The zero-order valence-electron chi connectivity index (χ0n) is 17.6. The molecule has 162 valence electrons. The number of aromatic nitrogens is 1. The van der Waals surface area contributed by atoms with Crippen molar-refractivity contribution in [2.75, 3.05) is 19.6 Å². The molecule has 3 saturated heterocycles. The Morgan fingerprint density at radius 1 is 1.16 bits per heavy atom. The van der Waals surface area contributed by atoms with Crippen molar-refractivity contribution < 1.29 is 4.79 Å². The van der Waals surface area contributed by atoms with Crippen LogP contribution in [0.4, 0.5) is 0 Å². The summed E-state index contributed by atoms with van der Waals surface area (Å²) in [6.07, 6.45) is 11.2. The van der Waals surface area contributed by atoms with Gasteiger partial charge in [0.2, 0.25) is 5.43 Å². The quantitative estimate of drug-likeness (QED) is 0.679. The predicted octanol–water partition coefficient (Wildman–Crippen LogP) is 4.22. The average Bonchev–Trinajstić information content (AvgIpc) is 2.79. The van der Waals surface area contributed by atoms with Gasteiger partial charge in [-0.1, -0.05) is 35.7 Å². The minimum absolute atomic E-state index is 0.134. The fourth-order valence-corrected chi connectivity index (χ4v) is 6.96. The van der Waals surface area contributed by atoms with Gasteiger partial charge in [0.1, 0.15) is 5.56 Å². The molecule has 6 heteroatoms. The lowest BCUT2D eigenvalue weighted by atomic mass is 9.68. The van der Waals surface area contributed by atoms with Crippen molar-refractivity contribution in [1.82, 2.24) is 14.8 Å². The second-order valence-corrected chi connectivity index (χ2v) is 10.1. The molecular weight excluding hydrogens is 410 g/mol. The summed E-state index contributed by atoms with van der Waals surface area (Å²) in [6.45, 7) is 2.99. The molecule has 3 fully saturated rings. The van der Waals surface area contributed by atoms with Crippen molar-refractivity contribution in [2.45, 2.75) is 50.6 Å². The van der Waals surface area contributed by atoms with Crippen LogP contribution in [-0.2, 0) is 0 Å². The Hall–Kier alpha value is -2.11. The zero-order chi connectivity index (χ0) is 21.1. The molecule has 5 nitrogen and oxygen atoms in total. The van der Waals surface area contributed by atoms with Crippen LogP contribution < -0.4 is 5.43 Å². The number of nitrogens with zero attached hydrogens (tertiary/aromatic N) is 2. The molecule has 0 saturated carbocycles. The third kappa shape index (κ3) is 3.08.